The lowest BCUT2D eigenvalue weighted by Crippen LogP contribution is -2.05. The first-order chi connectivity index (χ1) is 7.16. The summed E-state index contributed by atoms with van der Waals surface area (Å²) in [6, 6.07) is 3.79. The number of hydrogen-bond donors (Lipinski definition) is 1. The summed E-state index contributed by atoms with van der Waals surface area (Å²) in [5.41, 5.74) is 6.34. The Hall–Kier alpha value is -0.950. The molecule has 78 valence electrons. The van der Waals surface area contributed by atoms with Crippen LogP contribution in [0.2, 0.25) is 0 Å². The van der Waals surface area contributed by atoms with E-state index in [1.165, 1.54) is 0 Å². The Labute approximate surface area is 103 Å². The molecule has 0 atom stereocenters. The van der Waals surface area contributed by atoms with E-state index in [2.05, 4.69) is 46.9 Å². The lowest BCUT2D eigenvalue weighted by Gasteiger charge is -2.03. The fraction of sp³-hybridized carbons (Fsp3) is 0.125. The van der Waals surface area contributed by atoms with Gasteiger partial charge >= 0.3 is 0 Å². The topological polar surface area (TPSA) is 69.6 Å². The number of hydrogen-bond acceptors (Lipinski definition) is 4. The van der Waals surface area contributed by atoms with Crippen molar-refractivity contribution in [3.8, 4) is 0 Å². The lowest BCUT2D eigenvalue weighted by molar-refractivity contribution is 0.655. The van der Waals surface area contributed by atoms with E-state index in [0.717, 1.165) is 10.2 Å². The second-order valence-corrected chi connectivity index (χ2v) is 4.39. The van der Waals surface area contributed by atoms with E-state index in [1.54, 1.807) is 10.9 Å². The van der Waals surface area contributed by atoms with Crippen molar-refractivity contribution >= 4 is 37.8 Å². The molecule has 0 saturated carbocycles. The van der Waals surface area contributed by atoms with Gasteiger partial charge in [0.05, 0.1) is 12.2 Å². The molecule has 0 unspecified atom stereocenters. The van der Waals surface area contributed by atoms with Crippen LogP contribution >= 0.6 is 31.9 Å². The zero-order valence-corrected chi connectivity index (χ0v) is 10.7. The van der Waals surface area contributed by atoms with Gasteiger partial charge in [-0.25, -0.2) is 4.68 Å². The molecule has 5 nitrogen and oxygen atoms in total. The van der Waals surface area contributed by atoms with Crippen LogP contribution in [0.3, 0.4) is 0 Å². The summed E-state index contributed by atoms with van der Waals surface area (Å²) in [7, 11) is 0. The minimum Gasteiger partial charge on any atom is -0.366 e. The van der Waals surface area contributed by atoms with E-state index < -0.39 is 0 Å². The van der Waals surface area contributed by atoms with Crippen molar-refractivity contribution < 1.29 is 0 Å². The average Bonchev–Trinajstić information content (AvgIpc) is 2.49. The molecule has 2 aromatic heterocycles. The van der Waals surface area contributed by atoms with Crippen molar-refractivity contribution in [3.05, 3.63) is 33.2 Å². The number of halogens is 2. The standard InChI is InChI=1S/C8H7Br2N5/c9-5-2-1-3-12-6(5)4-15-7(10)13-8(11)14-15/h1-3H,4H2,(H2,11,14). The van der Waals surface area contributed by atoms with Crippen LogP contribution in [0.5, 0.6) is 0 Å². The van der Waals surface area contributed by atoms with Gasteiger partial charge in [0.15, 0.2) is 4.73 Å². The van der Waals surface area contributed by atoms with Crippen molar-refractivity contribution in [1.82, 2.24) is 19.7 Å². The number of nitrogens with zero attached hydrogens (tertiary/aromatic N) is 4. The predicted molar refractivity (Wildman–Crippen MR) is 63.2 cm³/mol. The second kappa shape index (κ2) is 4.28. The first-order valence-corrected chi connectivity index (χ1v) is 5.70. The summed E-state index contributed by atoms with van der Waals surface area (Å²) in [6.07, 6.45) is 1.73. The fourth-order valence-electron chi connectivity index (χ4n) is 1.12. The first kappa shape index (κ1) is 10.6. The molecule has 2 rings (SSSR count). The Morgan fingerprint density at radius 3 is 2.80 bits per heavy atom. The normalized spacial score (nSPS) is 10.5. The van der Waals surface area contributed by atoms with E-state index in [-0.39, 0.29) is 5.95 Å². The maximum atomic E-state index is 5.47. The van der Waals surface area contributed by atoms with Crippen LogP contribution in [0.4, 0.5) is 5.95 Å². The van der Waals surface area contributed by atoms with Crippen LogP contribution in [0.15, 0.2) is 27.5 Å². The molecule has 15 heavy (non-hydrogen) atoms. The summed E-state index contributed by atoms with van der Waals surface area (Å²) in [5.74, 6) is 0.244. The number of nitrogen functional groups attached to an aromatic ring is 1. The van der Waals surface area contributed by atoms with Gasteiger partial charge in [-0.3, -0.25) is 4.98 Å². The smallest absolute Gasteiger partial charge is 0.240 e. The number of anilines is 1. The summed E-state index contributed by atoms with van der Waals surface area (Å²) in [6.45, 7) is 0.520. The zero-order chi connectivity index (χ0) is 10.8. The van der Waals surface area contributed by atoms with Gasteiger partial charge in [-0.05, 0) is 44.0 Å². The molecule has 0 amide bonds. The zero-order valence-electron chi connectivity index (χ0n) is 7.56. The van der Waals surface area contributed by atoms with E-state index in [0.29, 0.717) is 11.3 Å². The van der Waals surface area contributed by atoms with Gasteiger partial charge in [-0.1, -0.05) is 0 Å². The highest BCUT2D eigenvalue weighted by molar-refractivity contribution is 9.10. The molecule has 0 spiro atoms. The summed E-state index contributed by atoms with van der Waals surface area (Å²) < 4.78 is 3.17. The molecular weight excluding hydrogens is 326 g/mol. The molecule has 0 aliphatic rings. The van der Waals surface area contributed by atoms with Crippen LogP contribution in [0, 0.1) is 0 Å². The van der Waals surface area contributed by atoms with Crippen molar-refractivity contribution in [2.24, 2.45) is 0 Å². The molecule has 0 fully saturated rings. The molecule has 0 aliphatic carbocycles. The van der Waals surface area contributed by atoms with Crippen LogP contribution < -0.4 is 5.73 Å². The second-order valence-electron chi connectivity index (χ2n) is 2.83. The molecule has 0 aromatic carbocycles. The van der Waals surface area contributed by atoms with Gasteiger partial charge in [-0.2, -0.15) is 4.98 Å². The summed E-state index contributed by atoms with van der Waals surface area (Å²) in [4.78, 5) is 8.17. The minimum atomic E-state index is 0.244. The average molecular weight is 333 g/mol. The quantitative estimate of drug-likeness (QED) is 0.910. The maximum absolute atomic E-state index is 5.47. The van der Waals surface area contributed by atoms with Crippen LogP contribution in [-0.4, -0.2) is 19.7 Å². The van der Waals surface area contributed by atoms with Gasteiger partial charge in [0.1, 0.15) is 0 Å². The third-order valence-corrected chi connectivity index (χ3v) is 3.09. The van der Waals surface area contributed by atoms with Gasteiger partial charge in [0.2, 0.25) is 5.95 Å². The van der Waals surface area contributed by atoms with Gasteiger partial charge in [0, 0.05) is 10.7 Å². The Morgan fingerprint density at radius 2 is 2.20 bits per heavy atom. The third kappa shape index (κ3) is 2.35. The van der Waals surface area contributed by atoms with E-state index >= 15 is 0 Å². The summed E-state index contributed by atoms with van der Waals surface area (Å²) in [5, 5.41) is 4.02. The van der Waals surface area contributed by atoms with Crippen LogP contribution in [0.25, 0.3) is 0 Å². The highest BCUT2D eigenvalue weighted by Gasteiger charge is 2.07. The van der Waals surface area contributed by atoms with Crippen molar-refractivity contribution in [3.63, 3.8) is 0 Å². The molecule has 0 bridgehead atoms. The Bertz CT molecular complexity index is 482. The number of pyridine rings is 1. The molecule has 0 radical (unpaired) electrons. The molecule has 7 heteroatoms. The lowest BCUT2D eigenvalue weighted by atomic mass is 10.3. The highest BCUT2D eigenvalue weighted by Crippen LogP contribution is 2.16. The molecule has 0 aliphatic heterocycles. The number of rotatable bonds is 2. The van der Waals surface area contributed by atoms with Gasteiger partial charge in [-0.15, -0.1) is 5.10 Å². The molecular formula is C8H7Br2N5. The third-order valence-electron chi connectivity index (χ3n) is 1.78. The van der Waals surface area contributed by atoms with E-state index in [9.17, 15) is 0 Å². The SMILES string of the molecule is Nc1nc(Br)n(Cc2ncccc2Br)n1. The molecule has 2 heterocycles. The highest BCUT2D eigenvalue weighted by atomic mass is 79.9. The largest absolute Gasteiger partial charge is 0.366 e. The van der Waals surface area contributed by atoms with Crippen LogP contribution in [-0.2, 0) is 6.54 Å². The molecule has 2 N–H and O–H groups in total. The Morgan fingerprint density at radius 1 is 1.40 bits per heavy atom. The summed E-state index contributed by atoms with van der Waals surface area (Å²) >= 11 is 6.68. The monoisotopic (exact) mass is 331 g/mol. The van der Waals surface area contributed by atoms with Crippen molar-refractivity contribution in [1.29, 1.82) is 0 Å². The fourth-order valence-corrected chi connectivity index (χ4v) is 1.88. The van der Waals surface area contributed by atoms with E-state index in [4.69, 9.17) is 5.73 Å². The van der Waals surface area contributed by atoms with Crippen LogP contribution in [0.1, 0.15) is 5.69 Å². The van der Waals surface area contributed by atoms with Gasteiger partial charge in [0.25, 0.3) is 0 Å². The van der Waals surface area contributed by atoms with E-state index in [1.807, 2.05) is 12.1 Å². The van der Waals surface area contributed by atoms with Crippen molar-refractivity contribution in [2.45, 2.75) is 6.54 Å². The Kier molecular flexibility index (Phi) is 3.01. The van der Waals surface area contributed by atoms with Gasteiger partial charge < -0.3 is 5.73 Å². The minimum absolute atomic E-state index is 0.244. The molecule has 2 aromatic rings. The predicted octanol–water partition coefficient (Wildman–Crippen LogP) is 1.83. The maximum Gasteiger partial charge on any atom is 0.240 e. The van der Waals surface area contributed by atoms with Crippen molar-refractivity contribution in [2.75, 3.05) is 5.73 Å². The number of nitrogens with two attached hydrogens (primary N) is 1. The molecule has 0 saturated heterocycles. The first-order valence-electron chi connectivity index (χ1n) is 4.12. The number of aromatic nitrogens is 4. The Balaban J connectivity index is 2.29.